The third-order valence-corrected chi connectivity index (χ3v) is 3.80. The molecular weight excluding hydrogens is 342 g/mol. The number of carbonyl (C=O) groups is 3. The van der Waals surface area contributed by atoms with Gasteiger partial charge in [0.25, 0.3) is 17.5 Å². The van der Waals surface area contributed by atoms with Crippen LogP contribution in [0.15, 0.2) is 18.2 Å². The molecule has 1 aliphatic rings. The summed E-state index contributed by atoms with van der Waals surface area (Å²) >= 11 is 0. The highest BCUT2D eigenvalue weighted by atomic mass is 16.6. The second-order valence-electron chi connectivity index (χ2n) is 5.38. The van der Waals surface area contributed by atoms with Crippen molar-refractivity contribution in [3.05, 3.63) is 39.4 Å². The Hall–Kier alpha value is -3.79. The third kappa shape index (κ3) is 3.65. The molecule has 1 heterocycles. The predicted octanol–water partition coefficient (Wildman–Crippen LogP) is 0.847. The van der Waals surface area contributed by atoms with Crippen LogP contribution in [0.3, 0.4) is 0 Å². The van der Waals surface area contributed by atoms with Crippen molar-refractivity contribution in [2.24, 2.45) is 0 Å². The Balaban J connectivity index is 2.18. The lowest BCUT2D eigenvalue weighted by molar-refractivity contribution is -0.384. The highest BCUT2D eigenvalue weighted by Gasteiger charge is 2.38. The van der Waals surface area contributed by atoms with E-state index < -0.39 is 29.2 Å². The van der Waals surface area contributed by atoms with Gasteiger partial charge in [-0.15, -0.1) is 0 Å². The number of nitro benzene ring substituents is 1. The van der Waals surface area contributed by atoms with Gasteiger partial charge in [-0.05, 0) is 6.07 Å². The van der Waals surface area contributed by atoms with Crippen LogP contribution in [0.4, 0.5) is 5.69 Å². The van der Waals surface area contributed by atoms with Crippen molar-refractivity contribution in [2.75, 3.05) is 19.6 Å². The number of nitriles is 2. The van der Waals surface area contributed by atoms with E-state index in [0.29, 0.717) is 4.90 Å². The second kappa shape index (κ2) is 7.85. The Bertz CT molecular complexity index is 849. The molecule has 1 aliphatic heterocycles. The molecule has 0 saturated heterocycles. The van der Waals surface area contributed by atoms with E-state index in [1.54, 1.807) is 0 Å². The molecule has 0 aliphatic carbocycles. The molecular formula is C16H13N5O5. The molecule has 0 fully saturated rings. The summed E-state index contributed by atoms with van der Waals surface area (Å²) in [6.07, 6.45) is 0.0942. The summed E-state index contributed by atoms with van der Waals surface area (Å²) in [5, 5.41) is 28.1. The molecule has 10 nitrogen and oxygen atoms in total. The van der Waals surface area contributed by atoms with Gasteiger partial charge >= 0.3 is 0 Å². The molecule has 1 aromatic carbocycles. The quantitative estimate of drug-likeness (QED) is 0.400. The fourth-order valence-corrected chi connectivity index (χ4v) is 2.50. The van der Waals surface area contributed by atoms with Crippen molar-refractivity contribution in [3.8, 4) is 12.1 Å². The van der Waals surface area contributed by atoms with Gasteiger partial charge in [0.15, 0.2) is 0 Å². The van der Waals surface area contributed by atoms with Crippen LogP contribution in [0.2, 0.25) is 0 Å². The van der Waals surface area contributed by atoms with Crippen LogP contribution >= 0.6 is 0 Å². The van der Waals surface area contributed by atoms with Crippen LogP contribution < -0.4 is 0 Å². The number of non-ortho nitro benzene ring substituents is 1. The molecule has 26 heavy (non-hydrogen) atoms. The van der Waals surface area contributed by atoms with Gasteiger partial charge in [-0.1, -0.05) is 0 Å². The van der Waals surface area contributed by atoms with E-state index in [9.17, 15) is 24.5 Å². The van der Waals surface area contributed by atoms with Crippen molar-refractivity contribution in [2.45, 2.75) is 12.8 Å². The number of imide groups is 1. The molecule has 10 heteroatoms. The molecule has 2 rings (SSSR count). The fraction of sp³-hybridized carbons (Fsp3) is 0.312. The van der Waals surface area contributed by atoms with E-state index in [2.05, 4.69) is 0 Å². The maximum atomic E-state index is 12.4. The normalized spacial score (nSPS) is 12.3. The summed E-state index contributed by atoms with van der Waals surface area (Å²) in [4.78, 5) is 49.2. The number of nitro groups is 1. The Morgan fingerprint density at radius 1 is 1.12 bits per heavy atom. The number of nitrogens with zero attached hydrogens (tertiary/aromatic N) is 5. The monoisotopic (exact) mass is 355 g/mol. The van der Waals surface area contributed by atoms with Gasteiger partial charge in [0.05, 0.1) is 41.0 Å². The maximum absolute atomic E-state index is 12.4. The average molecular weight is 355 g/mol. The van der Waals surface area contributed by atoms with Crippen molar-refractivity contribution in [1.82, 2.24) is 9.80 Å². The Labute approximate surface area is 148 Å². The lowest BCUT2D eigenvalue weighted by Crippen LogP contribution is -2.43. The van der Waals surface area contributed by atoms with Crippen LogP contribution in [0.25, 0.3) is 0 Å². The van der Waals surface area contributed by atoms with Crippen LogP contribution in [0, 0.1) is 32.8 Å². The summed E-state index contributed by atoms with van der Waals surface area (Å²) in [5.74, 6) is -2.09. The van der Waals surface area contributed by atoms with Gasteiger partial charge in [0, 0.05) is 25.2 Å². The molecule has 0 bridgehead atoms. The number of hydrogen-bond acceptors (Lipinski definition) is 7. The highest BCUT2D eigenvalue weighted by molar-refractivity contribution is 6.22. The van der Waals surface area contributed by atoms with E-state index in [1.807, 2.05) is 12.1 Å². The van der Waals surface area contributed by atoms with Gasteiger partial charge in [0.2, 0.25) is 5.91 Å². The standard InChI is InChI=1S/C16H13N5O5/c17-5-1-7-19(8-2-6-18)14(22)10-20-15(23)12-4-3-11(21(25)26)9-13(12)16(20)24/h3-4,9H,1-2,7-8,10H2. The van der Waals surface area contributed by atoms with E-state index in [1.165, 1.54) is 11.0 Å². The summed E-state index contributed by atoms with van der Waals surface area (Å²) in [6, 6.07) is 7.06. The maximum Gasteiger partial charge on any atom is 0.270 e. The topological polar surface area (TPSA) is 148 Å². The lowest BCUT2D eigenvalue weighted by Gasteiger charge is -2.23. The minimum Gasteiger partial charge on any atom is -0.339 e. The molecule has 0 atom stereocenters. The number of amides is 3. The Kier molecular flexibility index (Phi) is 5.60. The van der Waals surface area contributed by atoms with Gasteiger partial charge in [-0.3, -0.25) is 29.4 Å². The van der Waals surface area contributed by atoms with Crippen molar-refractivity contribution >= 4 is 23.4 Å². The number of carbonyl (C=O) groups excluding carboxylic acids is 3. The lowest BCUT2D eigenvalue weighted by atomic mass is 10.1. The summed E-state index contributed by atoms with van der Waals surface area (Å²) < 4.78 is 0. The fourth-order valence-electron chi connectivity index (χ4n) is 2.50. The van der Waals surface area contributed by atoms with E-state index >= 15 is 0 Å². The first-order valence-electron chi connectivity index (χ1n) is 7.57. The molecule has 0 spiro atoms. The second-order valence-corrected chi connectivity index (χ2v) is 5.38. The molecule has 0 aromatic heterocycles. The van der Waals surface area contributed by atoms with Gasteiger partial charge in [-0.2, -0.15) is 10.5 Å². The van der Waals surface area contributed by atoms with E-state index in [4.69, 9.17) is 10.5 Å². The van der Waals surface area contributed by atoms with Crippen LogP contribution in [-0.4, -0.2) is 52.1 Å². The Morgan fingerprint density at radius 3 is 2.23 bits per heavy atom. The zero-order chi connectivity index (χ0) is 19.3. The highest BCUT2D eigenvalue weighted by Crippen LogP contribution is 2.26. The first kappa shape index (κ1) is 18.5. The number of hydrogen-bond donors (Lipinski definition) is 0. The summed E-state index contributed by atoms with van der Waals surface area (Å²) in [6.45, 7) is -0.408. The van der Waals surface area contributed by atoms with Crippen LogP contribution in [0.1, 0.15) is 33.6 Å². The van der Waals surface area contributed by atoms with Gasteiger partial charge in [-0.25, -0.2) is 0 Å². The molecule has 132 valence electrons. The molecule has 1 aromatic rings. The van der Waals surface area contributed by atoms with Crippen LogP contribution in [-0.2, 0) is 4.79 Å². The van der Waals surface area contributed by atoms with Crippen molar-refractivity contribution in [3.63, 3.8) is 0 Å². The minimum absolute atomic E-state index is 0.00556. The average Bonchev–Trinajstić information content (AvgIpc) is 2.86. The van der Waals surface area contributed by atoms with Gasteiger partial charge in [0.1, 0.15) is 6.54 Å². The molecule has 3 amide bonds. The molecule has 0 saturated carbocycles. The number of rotatable bonds is 7. The van der Waals surface area contributed by atoms with E-state index in [0.717, 1.165) is 12.1 Å². The van der Waals surface area contributed by atoms with Gasteiger partial charge < -0.3 is 4.90 Å². The van der Waals surface area contributed by atoms with Crippen LogP contribution in [0.5, 0.6) is 0 Å². The molecule has 0 radical (unpaired) electrons. The zero-order valence-corrected chi connectivity index (χ0v) is 13.5. The molecule has 0 unspecified atom stereocenters. The summed E-state index contributed by atoms with van der Waals surface area (Å²) in [7, 11) is 0. The zero-order valence-electron chi connectivity index (χ0n) is 13.5. The first-order valence-corrected chi connectivity index (χ1v) is 7.57. The first-order chi connectivity index (χ1) is 12.4. The SMILES string of the molecule is N#CCCN(CCC#N)C(=O)CN1C(=O)c2ccc([N+](=O)[O-])cc2C1=O. The number of benzene rings is 1. The largest absolute Gasteiger partial charge is 0.339 e. The molecule has 0 N–H and O–H groups in total. The van der Waals surface area contributed by atoms with Crippen molar-refractivity contribution < 1.29 is 19.3 Å². The van der Waals surface area contributed by atoms with Crippen molar-refractivity contribution in [1.29, 1.82) is 10.5 Å². The summed E-state index contributed by atoms with van der Waals surface area (Å²) in [5.41, 5.74) is -0.464. The Morgan fingerprint density at radius 2 is 1.69 bits per heavy atom. The van der Waals surface area contributed by atoms with E-state index in [-0.39, 0.29) is 42.7 Å². The minimum atomic E-state index is -0.789. The smallest absolute Gasteiger partial charge is 0.270 e. The third-order valence-electron chi connectivity index (χ3n) is 3.80. The number of fused-ring (bicyclic) bond motifs is 1. The predicted molar refractivity (Wildman–Crippen MR) is 85.5 cm³/mol.